The smallest absolute Gasteiger partial charge is 0.262 e. The molecule has 3 N–H and O–H groups in total. The number of carbonyl (C=O) groups is 1. The van der Waals surface area contributed by atoms with Crippen LogP contribution < -0.4 is 24.8 Å². The molecule has 2 heterocycles. The number of nitrogens with one attached hydrogen (secondary N) is 3. The molecule has 0 aromatic heterocycles. The predicted octanol–water partition coefficient (Wildman–Crippen LogP) is 1.12. The van der Waals surface area contributed by atoms with Gasteiger partial charge in [0.1, 0.15) is 16.4 Å². The molecule has 26 heavy (non-hydrogen) atoms. The van der Waals surface area contributed by atoms with Gasteiger partial charge in [0, 0.05) is 25.2 Å². The number of ether oxygens (including phenoxy) is 2. The quantitative estimate of drug-likeness (QED) is 0.677. The van der Waals surface area contributed by atoms with E-state index >= 15 is 0 Å². The van der Waals surface area contributed by atoms with Crippen LogP contribution in [0.5, 0.6) is 11.5 Å². The standard InChI is InChI=1S/C16H23N3O5S.ClH/c1-16(4-3-5-17-9-16)10-18-25(21,22)14-7-12-11(6-13(14)23-2)19-15(20)8-24-12;/h6-7,17-18H,3-5,8-10H2,1-2H3,(H,19,20);1H. The number of piperidine rings is 1. The highest BCUT2D eigenvalue weighted by molar-refractivity contribution is 7.89. The Kier molecular flexibility index (Phi) is 6.38. The van der Waals surface area contributed by atoms with Crippen LogP contribution in [0.1, 0.15) is 19.8 Å². The van der Waals surface area contributed by atoms with Crippen molar-refractivity contribution in [2.45, 2.75) is 24.7 Å². The van der Waals surface area contributed by atoms with Crippen LogP contribution in [0.2, 0.25) is 0 Å². The average Bonchev–Trinajstić information content (AvgIpc) is 2.59. The molecular weight excluding hydrogens is 382 g/mol. The molecule has 0 saturated carbocycles. The van der Waals surface area contributed by atoms with Gasteiger partial charge < -0.3 is 20.1 Å². The minimum Gasteiger partial charge on any atom is -0.495 e. The van der Waals surface area contributed by atoms with Gasteiger partial charge in [-0.15, -0.1) is 12.4 Å². The number of halogens is 1. The second-order valence-electron chi connectivity index (χ2n) is 6.75. The number of amides is 1. The zero-order chi connectivity index (χ0) is 18.1. The van der Waals surface area contributed by atoms with Crippen LogP contribution in [0.3, 0.4) is 0 Å². The van der Waals surface area contributed by atoms with Crippen molar-refractivity contribution in [2.24, 2.45) is 5.41 Å². The van der Waals surface area contributed by atoms with Gasteiger partial charge in [-0.25, -0.2) is 13.1 Å². The summed E-state index contributed by atoms with van der Waals surface area (Å²) in [6, 6.07) is 2.85. The molecule has 1 saturated heterocycles. The summed E-state index contributed by atoms with van der Waals surface area (Å²) < 4.78 is 38.8. The number of sulfonamides is 1. The molecule has 3 rings (SSSR count). The Morgan fingerprint density at radius 1 is 1.38 bits per heavy atom. The number of fused-ring (bicyclic) bond motifs is 1. The van der Waals surface area contributed by atoms with E-state index in [2.05, 4.69) is 22.3 Å². The number of rotatable bonds is 5. The first-order chi connectivity index (χ1) is 11.8. The molecule has 0 spiro atoms. The lowest BCUT2D eigenvalue weighted by molar-refractivity contribution is -0.118. The minimum absolute atomic E-state index is 0. The maximum atomic E-state index is 12.8. The van der Waals surface area contributed by atoms with Gasteiger partial charge in [0.05, 0.1) is 12.8 Å². The molecule has 1 aromatic carbocycles. The lowest BCUT2D eigenvalue weighted by atomic mass is 9.83. The number of carbonyl (C=O) groups excluding carboxylic acids is 1. The van der Waals surface area contributed by atoms with E-state index in [0.29, 0.717) is 18.0 Å². The third-order valence-corrected chi connectivity index (χ3v) is 5.99. The zero-order valence-corrected chi connectivity index (χ0v) is 16.4. The van der Waals surface area contributed by atoms with Gasteiger partial charge in [0.2, 0.25) is 10.0 Å². The third-order valence-electron chi connectivity index (χ3n) is 4.56. The van der Waals surface area contributed by atoms with Crippen molar-refractivity contribution >= 4 is 34.0 Å². The number of methoxy groups -OCH3 is 1. The van der Waals surface area contributed by atoms with Crippen molar-refractivity contribution in [3.8, 4) is 11.5 Å². The highest BCUT2D eigenvalue weighted by atomic mass is 35.5. The number of benzene rings is 1. The topological polar surface area (TPSA) is 106 Å². The van der Waals surface area contributed by atoms with Gasteiger partial charge in [-0.3, -0.25) is 4.79 Å². The van der Waals surface area contributed by atoms with Gasteiger partial charge in [0.15, 0.2) is 6.61 Å². The second-order valence-corrected chi connectivity index (χ2v) is 8.49. The van der Waals surface area contributed by atoms with Crippen molar-refractivity contribution in [3.05, 3.63) is 12.1 Å². The Morgan fingerprint density at radius 2 is 2.15 bits per heavy atom. The van der Waals surface area contributed by atoms with Crippen LogP contribution in [0.4, 0.5) is 5.69 Å². The van der Waals surface area contributed by atoms with E-state index in [0.717, 1.165) is 25.9 Å². The lowest BCUT2D eigenvalue weighted by Crippen LogP contribution is -2.45. The summed E-state index contributed by atoms with van der Waals surface area (Å²) in [5, 5.41) is 5.93. The first kappa shape index (κ1) is 20.8. The van der Waals surface area contributed by atoms with E-state index in [1.807, 2.05) is 0 Å². The summed E-state index contributed by atoms with van der Waals surface area (Å²) in [7, 11) is -2.40. The van der Waals surface area contributed by atoms with Crippen LogP contribution in [0, 0.1) is 5.41 Å². The van der Waals surface area contributed by atoms with Gasteiger partial charge in [-0.1, -0.05) is 6.92 Å². The van der Waals surface area contributed by atoms with Crippen LogP contribution >= 0.6 is 12.4 Å². The molecule has 0 bridgehead atoms. The summed E-state index contributed by atoms with van der Waals surface area (Å²) in [6.07, 6.45) is 1.98. The van der Waals surface area contributed by atoms with Gasteiger partial charge in [-0.2, -0.15) is 0 Å². The normalized spacial score (nSPS) is 22.5. The summed E-state index contributed by atoms with van der Waals surface area (Å²) in [5.41, 5.74) is 0.271. The SMILES string of the molecule is COc1cc2c(cc1S(=O)(=O)NCC1(C)CCCNC1)OCC(=O)N2.Cl. The maximum absolute atomic E-state index is 12.8. The average molecular weight is 406 g/mol. The van der Waals surface area contributed by atoms with Crippen molar-refractivity contribution in [3.63, 3.8) is 0 Å². The van der Waals surface area contributed by atoms with Crippen LogP contribution in [-0.4, -0.2) is 47.7 Å². The maximum Gasteiger partial charge on any atom is 0.262 e. The molecule has 146 valence electrons. The minimum atomic E-state index is -3.78. The van der Waals surface area contributed by atoms with Crippen LogP contribution in [-0.2, 0) is 14.8 Å². The summed E-state index contributed by atoms with van der Waals surface area (Å²) >= 11 is 0. The molecule has 10 heteroatoms. The van der Waals surface area contributed by atoms with Crippen molar-refractivity contribution in [2.75, 3.05) is 38.7 Å². The number of hydrogen-bond donors (Lipinski definition) is 3. The number of hydrogen-bond acceptors (Lipinski definition) is 6. The lowest BCUT2D eigenvalue weighted by Gasteiger charge is -2.34. The molecule has 2 aliphatic heterocycles. The van der Waals surface area contributed by atoms with E-state index in [4.69, 9.17) is 9.47 Å². The molecule has 1 amide bonds. The molecule has 1 aromatic rings. The predicted molar refractivity (Wildman–Crippen MR) is 99.8 cm³/mol. The summed E-state index contributed by atoms with van der Waals surface area (Å²) in [4.78, 5) is 11.4. The molecule has 1 unspecified atom stereocenters. The summed E-state index contributed by atoms with van der Waals surface area (Å²) in [6.45, 7) is 3.98. The van der Waals surface area contributed by atoms with E-state index in [9.17, 15) is 13.2 Å². The highest BCUT2D eigenvalue weighted by Crippen LogP contribution is 2.37. The van der Waals surface area contributed by atoms with Gasteiger partial charge in [-0.05, 0) is 24.8 Å². The van der Waals surface area contributed by atoms with Gasteiger partial charge in [0.25, 0.3) is 5.91 Å². The van der Waals surface area contributed by atoms with Gasteiger partial charge >= 0.3 is 0 Å². The molecule has 0 aliphatic carbocycles. The Hall–Kier alpha value is -1.55. The first-order valence-electron chi connectivity index (χ1n) is 8.18. The Morgan fingerprint density at radius 3 is 2.81 bits per heavy atom. The van der Waals surface area contributed by atoms with Crippen molar-refractivity contribution in [1.82, 2.24) is 10.0 Å². The van der Waals surface area contributed by atoms with E-state index < -0.39 is 10.0 Å². The molecule has 1 fully saturated rings. The number of anilines is 1. The fraction of sp³-hybridized carbons (Fsp3) is 0.562. The third kappa shape index (κ3) is 4.40. The van der Waals surface area contributed by atoms with Crippen molar-refractivity contribution < 1.29 is 22.7 Å². The first-order valence-corrected chi connectivity index (χ1v) is 9.66. The Bertz CT molecular complexity index is 778. The molecular formula is C16H24ClN3O5S. The van der Waals surface area contributed by atoms with E-state index in [-0.39, 0.29) is 41.0 Å². The van der Waals surface area contributed by atoms with Crippen molar-refractivity contribution in [1.29, 1.82) is 0 Å². The summed E-state index contributed by atoms with van der Waals surface area (Å²) in [5.74, 6) is 0.177. The molecule has 1 atom stereocenters. The highest BCUT2D eigenvalue weighted by Gasteiger charge is 2.31. The van der Waals surface area contributed by atoms with Crippen LogP contribution in [0.15, 0.2) is 17.0 Å². The Labute approximate surface area is 159 Å². The molecule has 0 radical (unpaired) electrons. The van der Waals surface area contributed by atoms with Crippen LogP contribution in [0.25, 0.3) is 0 Å². The largest absolute Gasteiger partial charge is 0.495 e. The second kappa shape index (κ2) is 7.99. The zero-order valence-electron chi connectivity index (χ0n) is 14.8. The van der Waals surface area contributed by atoms with E-state index in [1.54, 1.807) is 0 Å². The molecule has 2 aliphatic rings. The van der Waals surface area contributed by atoms with E-state index in [1.165, 1.54) is 19.2 Å². The fourth-order valence-electron chi connectivity index (χ4n) is 3.07. The molecule has 8 nitrogen and oxygen atoms in total. The monoisotopic (exact) mass is 405 g/mol. The Balaban J connectivity index is 0.00000243. The fourth-order valence-corrected chi connectivity index (χ4v) is 4.44.